The van der Waals surface area contributed by atoms with Crippen molar-refractivity contribution in [1.82, 2.24) is 9.62 Å². The van der Waals surface area contributed by atoms with Crippen LogP contribution in [0.25, 0.3) is 0 Å². The number of hydrogen-bond donors (Lipinski definition) is 1. The van der Waals surface area contributed by atoms with Crippen molar-refractivity contribution in [2.75, 3.05) is 14.1 Å². The second-order valence-electron chi connectivity index (χ2n) is 5.45. The number of nitrogens with one attached hydrogen (secondary N) is 1. The number of benzene rings is 2. The molecule has 0 atom stereocenters. The van der Waals surface area contributed by atoms with E-state index in [1.807, 2.05) is 38.4 Å². The van der Waals surface area contributed by atoms with Crippen LogP contribution in [0.15, 0.2) is 47.4 Å². The van der Waals surface area contributed by atoms with Crippen molar-refractivity contribution in [1.29, 1.82) is 0 Å². The van der Waals surface area contributed by atoms with Crippen LogP contribution in [0.2, 0.25) is 10.0 Å². The highest BCUT2D eigenvalue weighted by Gasteiger charge is 2.18. The lowest BCUT2D eigenvalue weighted by Crippen LogP contribution is -2.23. The first-order valence-corrected chi connectivity index (χ1v) is 9.19. The average molecular weight is 373 g/mol. The third kappa shape index (κ3) is 5.19. The summed E-state index contributed by atoms with van der Waals surface area (Å²) in [6.07, 6.45) is 0. The summed E-state index contributed by atoms with van der Waals surface area (Å²) in [6, 6.07) is 12.1. The number of nitrogens with zero attached hydrogens (tertiary/aromatic N) is 1. The van der Waals surface area contributed by atoms with Gasteiger partial charge in [0, 0.05) is 18.1 Å². The van der Waals surface area contributed by atoms with Crippen LogP contribution in [0, 0.1) is 0 Å². The third-order valence-electron chi connectivity index (χ3n) is 3.17. The summed E-state index contributed by atoms with van der Waals surface area (Å²) in [5.74, 6) is 0. The van der Waals surface area contributed by atoms with E-state index in [2.05, 4.69) is 9.62 Å². The lowest BCUT2D eigenvalue weighted by Gasteiger charge is -2.11. The van der Waals surface area contributed by atoms with E-state index in [0.717, 1.165) is 12.1 Å². The van der Waals surface area contributed by atoms with E-state index in [1.54, 1.807) is 6.07 Å². The molecule has 0 aromatic heterocycles. The molecule has 2 rings (SSSR count). The Morgan fingerprint density at radius 1 is 1.00 bits per heavy atom. The summed E-state index contributed by atoms with van der Waals surface area (Å²) in [4.78, 5) is 2.05. The van der Waals surface area contributed by atoms with E-state index in [1.165, 1.54) is 17.7 Å². The van der Waals surface area contributed by atoms with Gasteiger partial charge in [0.25, 0.3) is 0 Å². The van der Waals surface area contributed by atoms with Gasteiger partial charge in [0.2, 0.25) is 10.0 Å². The van der Waals surface area contributed by atoms with Crippen LogP contribution in [0.4, 0.5) is 0 Å². The Kier molecular flexibility index (Phi) is 6.06. The molecular weight excluding hydrogens is 355 g/mol. The van der Waals surface area contributed by atoms with Crippen LogP contribution in [0.5, 0.6) is 0 Å². The first-order chi connectivity index (χ1) is 10.8. The minimum Gasteiger partial charge on any atom is -0.305 e. The summed E-state index contributed by atoms with van der Waals surface area (Å²) in [7, 11) is 0.278. The monoisotopic (exact) mass is 372 g/mol. The SMILES string of the molecule is CN(C)Cc1ccc(CNS(=O)(=O)c2cc(Cl)ccc2Cl)cc1. The van der Waals surface area contributed by atoms with E-state index in [4.69, 9.17) is 23.2 Å². The molecule has 0 aliphatic carbocycles. The normalized spacial score (nSPS) is 11.9. The summed E-state index contributed by atoms with van der Waals surface area (Å²) in [5.41, 5.74) is 2.04. The molecule has 0 spiro atoms. The minimum atomic E-state index is -3.72. The molecule has 2 aromatic carbocycles. The Hall–Kier alpha value is -1.11. The van der Waals surface area contributed by atoms with Crippen molar-refractivity contribution in [3.05, 3.63) is 63.6 Å². The van der Waals surface area contributed by atoms with E-state index in [0.29, 0.717) is 5.02 Å². The van der Waals surface area contributed by atoms with Gasteiger partial charge in [-0.15, -0.1) is 0 Å². The van der Waals surface area contributed by atoms with Crippen LogP contribution < -0.4 is 4.72 Å². The molecule has 0 saturated carbocycles. The highest BCUT2D eigenvalue weighted by atomic mass is 35.5. The van der Waals surface area contributed by atoms with Gasteiger partial charge in [0.15, 0.2) is 0 Å². The van der Waals surface area contributed by atoms with Crippen molar-refractivity contribution in [2.24, 2.45) is 0 Å². The van der Waals surface area contributed by atoms with Crippen LogP contribution in [0.3, 0.4) is 0 Å². The van der Waals surface area contributed by atoms with Gasteiger partial charge in [-0.3, -0.25) is 0 Å². The topological polar surface area (TPSA) is 49.4 Å². The maximum absolute atomic E-state index is 12.3. The lowest BCUT2D eigenvalue weighted by atomic mass is 10.1. The van der Waals surface area contributed by atoms with Gasteiger partial charge in [0.1, 0.15) is 4.90 Å². The largest absolute Gasteiger partial charge is 0.305 e. The van der Waals surface area contributed by atoms with Crippen molar-refractivity contribution < 1.29 is 8.42 Å². The molecule has 7 heteroatoms. The predicted molar refractivity (Wildman–Crippen MR) is 94.3 cm³/mol. The molecule has 23 heavy (non-hydrogen) atoms. The maximum Gasteiger partial charge on any atom is 0.242 e. The summed E-state index contributed by atoms with van der Waals surface area (Å²) in [5, 5.41) is 0.464. The van der Waals surface area contributed by atoms with Gasteiger partial charge < -0.3 is 4.90 Å². The number of halogens is 2. The molecule has 0 aliphatic rings. The van der Waals surface area contributed by atoms with Crippen LogP contribution >= 0.6 is 23.2 Å². The van der Waals surface area contributed by atoms with E-state index < -0.39 is 10.0 Å². The van der Waals surface area contributed by atoms with Crippen LogP contribution in [-0.4, -0.2) is 27.4 Å². The minimum absolute atomic E-state index is 0.0177. The molecule has 0 unspecified atom stereocenters. The smallest absolute Gasteiger partial charge is 0.242 e. The standard InChI is InChI=1S/C16H18Cl2N2O2S/c1-20(2)11-13-5-3-12(4-6-13)10-19-23(21,22)16-9-14(17)7-8-15(16)18/h3-9,19H,10-11H2,1-2H3. The molecule has 0 saturated heterocycles. The Bertz CT molecular complexity index is 775. The van der Waals surface area contributed by atoms with Crippen molar-refractivity contribution >= 4 is 33.2 Å². The van der Waals surface area contributed by atoms with E-state index >= 15 is 0 Å². The number of hydrogen-bond acceptors (Lipinski definition) is 3. The number of sulfonamides is 1. The van der Waals surface area contributed by atoms with Gasteiger partial charge >= 0.3 is 0 Å². The van der Waals surface area contributed by atoms with Crippen molar-refractivity contribution in [3.63, 3.8) is 0 Å². The zero-order valence-electron chi connectivity index (χ0n) is 12.9. The second kappa shape index (κ2) is 7.64. The van der Waals surface area contributed by atoms with E-state index in [9.17, 15) is 8.42 Å². The molecule has 1 N–H and O–H groups in total. The number of rotatable bonds is 6. The van der Waals surface area contributed by atoms with Crippen molar-refractivity contribution in [3.8, 4) is 0 Å². The van der Waals surface area contributed by atoms with Gasteiger partial charge in [-0.1, -0.05) is 47.5 Å². The van der Waals surface area contributed by atoms with Gasteiger partial charge in [-0.2, -0.15) is 0 Å². The summed E-state index contributed by atoms with van der Waals surface area (Å²) in [6.45, 7) is 1.03. The molecule has 0 radical (unpaired) electrons. The zero-order chi connectivity index (χ0) is 17.0. The summed E-state index contributed by atoms with van der Waals surface area (Å²) >= 11 is 11.8. The molecule has 0 heterocycles. The Balaban J connectivity index is 2.08. The highest BCUT2D eigenvalue weighted by molar-refractivity contribution is 7.89. The van der Waals surface area contributed by atoms with Gasteiger partial charge in [-0.25, -0.2) is 13.1 Å². The highest BCUT2D eigenvalue weighted by Crippen LogP contribution is 2.25. The molecule has 124 valence electrons. The molecule has 4 nitrogen and oxygen atoms in total. The fraction of sp³-hybridized carbons (Fsp3) is 0.250. The van der Waals surface area contributed by atoms with Crippen LogP contribution in [0.1, 0.15) is 11.1 Å². The molecule has 0 aliphatic heterocycles. The van der Waals surface area contributed by atoms with Crippen LogP contribution in [-0.2, 0) is 23.1 Å². The third-order valence-corrected chi connectivity index (χ3v) is 5.29. The zero-order valence-corrected chi connectivity index (χ0v) is 15.2. The first-order valence-electron chi connectivity index (χ1n) is 6.95. The molecule has 0 bridgehead atoms. The first kappa shape index (κ1) is 18.2. The van der Waals surface area contributed by atoms with Gasteiger partial charge in [0.05, 0.1) is 5.02 Å². The molecule has 0 fully saturated rings. The fourth-order valence-electron chi connectivity index (χ4n) is 2.07. The maximum atomic E-state index is 12.3. The van der Waals surface area contributed by atoms with Crippen molar-refractivity contribution in [2.45, 2.75) is 18.0 Å². The van der Waals surface area contributed by atoms with Gasteiger partial charge in [-0.05, 0) is 43.4 Å². The average Bonchev–Trinajstić information content (AvgIpc) is 2.48. The van der Waals surface area contributed by atoms with E-state index in [-0.39, 0.29) is 16.5 Å². The summed E-state index contributed by atoms with van der Waals surface area (Å²) < 4.78 is 27.2. The molecule has 2 aromatic rings. The Labute approximate surface area is 147 Å². The molecular formula is C16H18Cl2N2O2S. The second-order valence-corrected chi connectivity index (χ2v) is 8.03. The quantitative estimate of drug-likeness (QED) is 0.843. The predicted octanol–water partition coefficient (Wildman–Crippen LogP) is 3.53. The lowest BCUT2D eigenvalue weighted by molar-refractivity contribution is 0.402. The Morgan fingerprint density at radius 2 is 1.61 bits per heavy atom. The fourth-order valence-corrected chi connectivity index (χ4v) is 3.85. The molecule has 0 amide bonds. The Morgan fingerprint density at radius 3 is 2.22 bits per heavy atom.